The van der Waals surface area contributed by atoms with Gasteiger partial charge in [-0.3, -0.25) is 0 Å². The van der Waals surface area contributed by atoms with Crippen LogP contribution in [0, 0.1) is 0 Å². The Morgan fingerprint density at radius 2 is 2.50 bits per heavy atom. The van der Waals surface area contributed by atoms with E-state index in [4.69, 9.17) is 16.3 Å². The molecule has 0 saturated heterocycles. The van der Waals surface area contributed by atoms with E-state index in [0.29, 0.717) is 5.88 Å². The molecule has 12 heavy (non-hydrogen) atoms. The van der Waals surface area contributed by atoms with Crippen molar-refractivity contribution >= 4 is 11.6 Å². The summed E-state index contributed by atoms with van der Waals surface area (Å²) in [7, 11) is 1.69. The molecule has 1 aromatic heterocycles. The number of hydrogen-bond donors (Lipinski definition) is 0. The lowest BCUT2D eigenvalue weighted by Gasteiger charge is -2.16. The molecule has 0 fully saturated rings. The highest BCUT2D eigenvalue weighted by molar-refractivity contribution is 6.16. The number of ether oxygens (including phenoxy) is 1. The second kappa shape index (κ2) is 4.48. The molecule has 0 aromatic carbocycles. The van der Waals surface area contributed by atoms with E-state index in [9.17, 15) is 0 Å². The molecule has 0 aliphatic carbocycles. The number of imidazole rings is 1. The summed E-state index contributed by atoms with van der Waals surface area (Å²) in [4.78, 5) is 4.10. The van der Waals surface area contributed by atoms with Crippen molar-refractivity contribution in [2.45, 2.75) is 25.5 Å². The van der Waals surface area contributed by atoms with Crippen molar-refractivity contribution in [3.05, 3.63) is 18.2 Å². The molecule has 0 amide bonds. The molecule has 0 spiro atoms. The van der Waals surface area contributed by atoms with Gasteiger partial charge in [0.15, 0.2) is 0 Å². The van der Waals surface area contributed by atoms with Crippen LogP contribution in [-0.2, 0) is 10.6 Å². The first kappa shape index (κ1) is 9.55. The summed E-state index contributed by atoms with van der Waals surface area (Å²) in [6, 6.07) is 0. The Balaban J connectivity index is 2.83. The minimum Gasteiger partial charge on any atom is -0.361 e. The van der Waals surface area contributed by atoms with Crippen LogP contribution in [0.15, 0.2) is 12.4 Å². The SMILES string of the molecule is CCC(OC)n1ccnc1CCl. The zero-order valence-corrected chi connectivity index (χ0v) is 8.08. The quantitative estimate of drug-likeness (QED) is 0.678. The van der Waals surface area contributed by atoms with Crippen molar-refractivity contribution in [1.82, 2.24) is 9.55 Å². The van der Waals surface area contributed by atoms with Gasteiger partial charge in [-0.25, -0.2) is 4.98 Å². The summed E-state index contributed by atoms with van der Waals surface area (Å²) in [6.45, 7) is 2.06. The van der Waals surface area contributed by atoms with Crippen molar-refractivity contribution < 1.29 is 4.74 Å². The Morgan fingerprint density at radius 3 is 3.00 bits per heavy atom. The van der Waals surface area contributed by atoms with Crippen molar-refractivity contribution in [2.24, 2.45) is 0 Å². The first-order valence-electron chi connectivity index (χ1n) is 3.94. The van der Waals surface area contributed by atoms with Crippen LogP contribution in [0.2, 0.25) is 0 Å². The molecule has 0 N–H and O–H groups in total. The Morgan fingerprint density at radius 1 is 1.75 bits per heavy atom. The fraction of sp³-hybridized carbons (Fsp3) is 0.625. The third-order valence-electron chi connectivity index (χ3n) is 1.80. The Labute approximate surface area is 77.3 Å². The fourth-order valence-corrected chi connectivity index (χ4v) is 1.39. The highest BCUT2D eigenvalue weighted by atomic mass is 35.5. The second-order valence-electron chi connectivity index (χ2n) is 2.48. The Hall–Kier alpha value is -0.540. The average Bonchev–Trinajstić information content (AvgIpc) is 2.55. The maximum Gasteiger partial charge on any atom is 0.134 e. The van der Waals surface area contributed by atoms with Crippen molar-refractivity contribution in [2.75, 3.05) is 7.11 Å². The number of alkyl halides is 1. The van der Waals surface area contributed by atoms with Crippen LogP contribution in [-0.4, -0.2) is 16.7 Å². The molecule has 1 unspecified atom stereocenters. The van der Waals surface area contributed by atoms with E-state index in [-0.39, 0.29) is 6.23 Å². The van der Waals surface area contributed by atoms with Gasteiger partial charge in [0.1, 0.15) is 12.1 Å². The van der Waals surface area contributed by atoms with Crippen LogP contribution in [0.5, 0.6) is 0 Å². The van der Waals surface area contributed by atoms with Gasteiger partial charge in [-0.2, -0.15) is 0 Å². The summed E-state index contributed by atoms with van der Waals surface area (Å²) >= 11 is 5.69. The highest BCUT2D eigenvalue weighted by Crippen LogP contribution is 2.14. The molecular weight excluding hydrogens is 176 g/mol. The molecule has 0 bridgehead atoms. The van der Waals surface area contributed by atoms with E-state index in [1.807, 2.05) is 10.8 Å². The molecule has 1 aromatic rings. The molecule has 0 aliphatic heterocycles. The smallest absolute Gasteiger partial charge is 0.134 e. The highest BCUT2D eigenvalue weighted by Gasteiger charge is 2.09. The van der Waals surface area contributed by atoms with Crippen LogP contribution < -0.4 is 0 Å². The van der Waals surface area contributed by atoms with Gasteiger partial charge in [-0.05, 0) is 6.42 Å². The van der Waals surface area contributed by atoms with Gasteiger partial charge in [-0.15, -0.1) is 11.6 Å². The summed E-state index contributed by atoms with van der Waals surface area (Å²) < 4.78 is 7.20. The van der Waals surface area contributed by atoms with E-state index in [0.717, 1.165) is 12.2 Å². The molecule has 0 radical (unpaired) electrons. The van der Waals surface area contributed by atoms with Crippen molar-refractivity contribution in [3.63, 3.8) is 0 Å². The monoisotopic (exact) mass is 188 g/mol. The third-order valence-corrected chi connectivity index (χ3v) is 2.04. The summed E-state index contributed by atoms with van der Waals surface area (Å²) in [6.07, 6.45) is 4.59. The lowest BCUT2D eigenvalue weighted by molar-refractivity contribution is 0.0392. The predicted octanol–water partition coefficient (Wildman–Crippen LogP) is 2.18. The molecule has 3 nitrogen and oxygen atoms in total. The lowest BCUT2D eigenvalue weighted by Crippen LogP contribution is -2.11. The zero-order chi connectivity index (χ0) is 8.97. The molecule has 0 aliphatic rings. The normalized spacial score (nSPS) is 13.2. The Bertz CT molecular complexity index is 233. The Kier molecular flexibility index (Phi) is 3.56. The van der Waals surface area contributed by atoms with E-state index in [1.165, 1.54) is 0 Å². The van der Waals surface area contributed by atoms with Crippen LogP contribution in [0.25, 0.3) is 0 Å². The van der Waals surface area contributed by atoms with Crippen LogP contribution in [0.3, 0.4) is 0 Å². The third kappa shape index (κ3) is 1.79. The molecule has 4 heteroatoms. The number of aromatic nitrogens is 2. The maximum atomic E-state index is 5.69. The van der Waals surface area contributed by atoms with E-state index in [1.54, 1.807) is 13.3 Å². The van der Waals surface area contributed by atoms with Crippen LogP contribution >= 0.6 is 11.6 Å². The van der Waals surface area contributed by atoms with Gasteiger partial charge in [0, 0.05) is 19.5 Å². The summed E-state index contributed by atoms with van der Waals surface area (Å²) in [5.74, 6) is 1.28. The van der Waals surface area contributed by atoms with E-state index in [2.05, 4.69) is 11.9 Å². The van der Waals surface area contributed by atoms with Gasteiger partial charge in [-0.1, -0.05) is 6.92 Å². The first-order valence-corrected chi connectivity index (χ1v) is 4.47. The second-order valence-corrected chi connectivity index (χ2v) is 2.75. The lowest BCUT2D eigenvalue weighted by atomic mass is 10.4. The van der Waals surface area contributed by atoms with Gasteiger partial charge in [0.2, 0.25) is 0 Å². The number of halogens is 1. The average molecular weight is 189 g/mol. The molecule has 0 saturated carbocycles. The minimum atomic E-state index is 0.0567. The number of rotatable bonds is 4. The topological polar surface area (TPSA) is 27.1 Å². The predicted molar refractivity (Wildman–Crippen MR) is 48.1 cm³/mol. The standard InChI is InChI=1S/C8H13ClN2O/c1-3-8(12-2)11-5-4-10-7(11)6-9/h4-5,8H,3,6H2,1-2H3. The first-order chi connectivity index (χ1) is 5.83. The summed E-state index contributed by atoms with van der Waals surface area (Å²) in [5, 5.41) is 0. The molecule has 1 heterocycles. The van der Waals surface area contributed by atoms with Gasteiger partial charge < -0.3 is 9.30 Å². The number of hydrogen-bond acceptors (Lipinski definition) is 2. The number of nitrogens with zero attached hydrogens (tertiary/aromatic N) is 2. The zero-order valence-electron chi connectivity index (χ0n) is 7.33. The maximum absolute atomic E-state index is 5.69. The van der Waals surface area contributed by atoms with Crippen molar-refractivity contribution in [3.8, 4) is 0 Å². The summed E-state index contributed by atoms with van der Waals surface area (Å²) in [5.41, 5.74) is 0. The van der Waals surface area contributed by atoms with Gasteiger partial charge in [0.25, 0.3) is 0 Å². The molecule has 68 valence electrons. The fourth-order valence-electron chi connectivity index (χ4n) is 1.19. The molecule has 1 atom stereocenters. The van der Waals surface area contributed by atoms with Gasteiger partial charge >= 0.3 is 0 Å². The molecule has 1 rings (SSSR count). The van der Waals surface area contributed by atoms with Gasteiger partial charge in [0.05, 0.1) is 5.88 Å². The minimum absolute atomic E-state index is 0.0567. The van der Waals surface area contributed by atoms with E-state index >= 15 is 0 Å². The van der Waals surface area contributed by atoms with Crippen LogP contribution in [0.1, 0.15) is 25.4 Å². The van der Waals surface area contributed by atoms with E-state index < -0.39 is 0 Å². The van der Waals surface area contributed by atoms with Crippen molar-refractivity contribution in [1.29, 1.82) is 0 Å². The number of methoxy groups -OCH3 is 1. The van der Waals surface area contributed by atoms with Crippen LogP contribution in [0.4, 0.5) is 0 Å². The molecular formula is C8H13ClN2O. The largest absolute Gasteiger partial charge is 0.361 e.